The van der Waals surface area contributed by atoms with Gasteiger partial charge in [-0.3, -0.25) is 4.79 Å². The van der Waals surface area contributed by atoms with E-state index in [9.17, 15) is 14.4 Å². The number of H-pyrrole nitrogens is 1. The Bertz CT molecular complexity index is 891. The molecule has 26 heavy (non-hydrogen) atoms. The zero-order chi connectivity index (χ0) is 19.3. The molecule has 2 aromatic rings. The smallest absolute Gasteiger partial charge is 0.355 e. The summed E-state index contributed by atoms with van der Waals surface area (Å²) >= 11 is 1.20. The normalized spacial score (nSPS) is 10.1. The minimum atomic E-state index is -0.761. The summed E-state index contributed by atoms with van der Waals surface area (Å²) in [5.74, 6) is -1.86. The molecule has 0 aliphatic heterocycles. The number of esters is 2. The van der Waals surface area contributed by atoms with Gasteiger partial charge in [-0.05, 0) is 37.8 Å². The molecule has 0 aliphatic carbocycles. The van der Waals surface area contributed by atoms with Gasteiger partial charge in [0.2, 0.25) is 0 Å². The molecule has 0 saturated carbocycles. The molecule has 0 bridgehead atoms. The summed E-state index contributed by atoms with van der Waals surface area (Å²) < 4.78 is 9.95. The molecule has 0 spiro atoms. The first-order valence-electron chi connectivity index (χ1n) is 7.69. The van der Waals surface area contributed by atoms with Crippen LogP contribution < -0.4 is 5.32 Å². The van der Waals surface area contributed by atoms with Gasteiger partial charge in [-0.2, -0.15) is 5.26 Å². The van der Waals surface area contributed by atoms with Crippen molar-refractivity contribution in [2.75, 3.05) is 18.5 Å². The highest BCUT2D eigenvalue weighted by molar-refractivity contribution is 7.14. The summed E-state index contributed by atoms with van der Waals surface area (Å²) in [6.45, 7) is 4.62. The van der Waals surface area contributed by atoms with E-state index in [1.165, 1.54) is 11.3 Å². The predicted octanol–water partition coefficient (Wildman–Crippen LogP) is 2.54. The zero-order valence-corrected chi connectivity index (χ0v) is 15.3. The highest BCUT2D eigenvalue weighted by Crippen LogP contribution is 2.22. The number of amides is 1. The number of anilines is 1. The topological polar surface area (TPSA) is 121 Å². The molecule has 2 aromatic heterocycles. The number of aromatic amines is 1. The van der Waals surface area contributed by atoms with Crippen LogP contribution in [0.15, 0.2) is 11.4 Å². The van der Waals surface area contributed by atoms with Crippen molar-refractivity contribution in [3.63, 3.8) is 0 Å². The second-order valence-corrected chi connectivity index (χ2v) is 6.16. The third-order valence-corrected chi connectivity index (χ3v) is 4.32. The maximum atomic E-state index is 12.2. The number of carbonyl (C=O) groups is 3. The van der Waals surface area contributed by atoms with Crippen LogP contribution in [0.4, 0.5) is 5.00 Å². The second kappa shape index (κ2) is 8.31. The molecule has 2 rings (SSSR count). The Balaban J connectivity index is 2.02. The largest absolute Gasteiger partial charge is 0.462 e. The van der Waals surface area contributed by atoms with E-state index in [1.54, 1.807) is 32.2 Å². The van der Waals surface area contributed by atoms with Crippen LogP contribution in [0, 0.1) is 25.2 Å². The average molecular weight is 375 g/mol. The number of carbonyl (C=O) groups excluding carboxylic acids is 3. The maximum Gasteiger partial charge on any atom is 0.355 e. The summed E-state index contributed by atoms with van der Waals surface area (Å²) in [4.78, 5) is 38.8. The predicted molar refractivity (Wildman–Crippen MR) is 94.2 cm³/mol. The van der Waals surface area contributed by atoms with Gasteiger partial charge >= 0.3 is 11.9 Å². The molecule has 2 heterocycles. The van der Waals surface area contributed by atoms with Gasteiger partial charge in [0.15, 0.2) is 6.61 Å². The lowest BCUT2D eigenvalue weighted by atomic mass is 10.1. The van der Waals surface area contributed by atoms with Crippen LogP contribution >= 0.6 is 11.3 Å². The molecule has 0 aromatic carbocycles. The summed E-state index contributed by atoms with van der Waals surface area (Å²) in [6, 6.07) is 3.53. The zero-order valence-electron chi connectivity index (χ0n) is 14.5. The molecule has 8 nitrogen and oxygen atoms in total. The van der Waals surface area contributed by atoms with E-state index in [0.717, 1.165) is 0 Å². The van der Waals surface area contributed by atoms with Gasteiger partial charge in [0.1, 0.15) is 16.8 Å². The van der Waals surface area contributed by atoms with E-state index in [-0.39, 0.29) is 17.9 Å². The molecule has 0 atom stereocenters. The highest BCUT2D eigenvalue weighted by atomic mass is 32.1. The number of nitrogens with one attached hydrogen (secondary N) is 2. The molecular weight excluding hydrogens is 358 g/mol. The summed E-state index contributed by atoms with van der Waals surface area (Å²) in [7, 11) is 0. The number of rotatable bonds is 6. The third-order valence-electron chi connectivity index (χ3n) is 3.49. The Labute approximate surface area is 153 Å². The molecule has 0 aliphatic rings. The van der Waals surface area contributed by atoms with Gasteiger partial charge in [-0.15, -0.1) is 11.3 Å². The van der Waals surface area contributed by atoms with Crippen molar-refractivity contribution in [2.45, 2.75) is 20.8 Å². The second-order valence-electron chi connectivity index (χ2n) is 5.24. The van der Waals surface area contributed by atoms with Crippen LogP contribution in [0.5, 0.6) is 0 Å². The van der Waals surface area contributed by atoms with Crippen LogP contribution in [0.3, 0.4) is 0 Å². The van der Waals surface area contributed by atoms with Crippen molar-refractivity contribution in [2.24, 2.45) is 0 Å². The first kappa shape index (κ1) is 19.2. The molecular formula is C17H17N3O5S. The van der Waals surface area contributed by atoms with Crippen LogP contribution in [-0.4, -0.2) is 36.0 Å². The van der Waals surface area contributed by atoms with Crippen molar-refractivity contribution in [3.8, 4) is 6.07 Å². The lowest BCUT2D eigenvalue weighted by Gasteiger charge is -2.06. The molecule has 0 radical (unpaired) electrons. The van der Waals surface area contributed by atoms with Gasteiger partial charge in [-0.25, -0.2) is 9.59 Å². The lowest BCUT2D eigenvalue weighted by Crippen LogP contribution is -2.21. The number of aryl methyl sites for hydroxylation is 1. The molecule has 136 valence electrons. The molecule has 0 unspecified atom stereocenters. The fourth-order valence-corrected chi connectivity index (χ4v) is 3.08. The number of aromatic nitrogens is 1. The SMILES string of the molecule is CCOC(=O)c1c(C)[nH]c(C(=O)OCC(=O)Nc2sccc2C#N)c1C. The van der Waals surface area contributed by atoms with E-state index < -0.39 is 24.5 Å². The summed E-state index contributed by atoms with van der Waals surface area (Å²) in [5.41, 5.74) is 1.59. The monoisotopic (exact) mass is 375 g/mol. The molecule has 0 saturated heterocycles. The third kappa shape index (κ3) is 4.10. The summed E-state index contributed by atoms with van der Waals surface area (Å²) in [6.07, 6.45) is 0. The Morgan fingerprint density at radius 1 is 1.27 bits per heavy atom. The van der Waals surface area contributed by atoms with Crippen LogP contribution in [0.2, 0.25) is 0 Å². The number of hydrogen-bond acceptors (Lipinski definition) is 7. The van der Waals surface area contributed by atoms with Gasteiger partial charge < -0.3 is 19.8 Å². The van der Waals surface area contributed by atoms with E-state index in [4.69, 9.17) is 14.7 Å². The van der Waals surface area contributed by atoms with Crippen molar-refractivity contribution >= 4 is 34.2 Å². The minimum Gasteiger partial charge on any atom is -0.462 e. The minimum absolute atomic E-state index is 0.0900. The molecule has 1 amide bonds. The standard InChI is InChI=1S/C17H17N3O5S/c1-4-24-16(22)13-9(2)14(19-10(13)3)17(23)25-8-12(21)20-15-11(7-18)5-6-26-15/h5-6,19H,4,8H2,1-3H3,(H,20,21). The fraction of sp³-hybridized carbons (Fsp3) is 0.294. The van der Waals surface area contributed by atoms with Gasteiger partial charge in [0.05, 0.1) is 17.7 Å². The average Bonchev–Trinajstić information content (AvgIpc) is 3.16. The Morgan fingerprint density at radius 2 is 2.00 bits per heavy atom. The van der Waals surface area contributed by atoms with Gasteiger partial charge in [-0.1, -0.05) is 0 Å². The Kier molecular flexibility index (Phi) is 6.14. The number of nitrogens with zero attached hydrogens (tertiary/aromatic N) is 1. The van der Waals surface area contributed by atoms with E-state index >= 15 is 0 Å². The van der Waals surface area contributed by atoms with Crippen LogP contribution in [0.1, 0.15) is 44.6 Å². The first-order valence-corrected chi connectivity index (χ1v) is 8.57. The van der Waals surface area contributed by atoms with Crippen molar-refractivity contribution < 1.29 is 23.9 Å². The maximum absolute atomic E-state index is 12.2. The van der Waals surface area contributed by atoms with E-state index in [1.807, 2.05) is 6.07 Å². The van der Waals surface area contributed by atoms with Gasteiger partial charge in [0.25, 0.3) is 5.91 Å². The van der Waals surface area contributed by atoms with Crippen molar-refractivity contribution in [1.29, 1.82) is 5.26 Å². The number of hydrogen-bond donors (Lipinski definition) is 2. The molecule has 9 heteroatoms. The Hall–Kier alpha value is -3.12. The van der Waals surface area contributed by atoms with E-state index in [0.29, 0.717) is 21.8 Å². The molecule has 2 N–H and O–H groups in total. The Morgan fingerprint density at radius 3 is 2.65 bits per heavy atom. The first-order chi connectivity index (χ1) is 12.4. The van der Waals surface area contributed by atoms with Crippen LogP contribution in [0.25, 0.3) is 0 Å². The number of ether oxygens (including phenoxy) is 2. The number of thiophene rings is 1. The van der Waals surface area contributed by atoms with Crippen molar-refractivity contribution in [3.05, 3.63) is 39.5 Å². The lowest BCUT2D eigenvalue weighted by molar-refractivity contribution is -0.119. The van der Waals surface area contributed by atoms with Gasteiger partial charge in [0, 0.05) is 5.69 Å². The quantitative estimate of drug-likeness (QED) is 0.748. The van der Waals surface area contributed by atoms with Crippen molar-refractivity contribution in [1.82, 2.24) is 4.98 Å². The number of nitriles is 1. The molecule has 0 fully saturated rings. The fourth-order valence-electron chi connectivity index (χ4n) is 2.32. The van der Waals surface area contributed by atoms with E-state index in [2.05, 4.69) is 10.3 Å². The summed E-state index contributed by atoms with van der Waals surface area (Å²) in [5, 5.41) is 13.5. The highest BCUT2D eigenvalue weighted by Gasteiger charge is 2.24. The van der Waals surface area contributed by atoms with Crippen LogP contribution in [-0.2, 0) is 14.3 Å².